The van der Waals surface area contributed by atoms with Crippen LogP contribution in [0.5, 0.6) is 0 Å². The molecule has 0 amide bonds. The molecule has 1 aliphatic rings. The van der Waals surface area contributed by atoms with Crippen LogP contribution in [0.4, 0.5) is 19.0 Å². The largest absolute Gasteiger partial charge is 0.388 e. The number of nitrogens with zero attached hydrogens (tertiary/aromatic N) is 2. The molecule has 9 heteroatoms. The Morgan fingerprint density at radius 3 is 2.71 bits per heavy atom. The maximum absolute atomic E-state index is 13.4. The zero-order valence-electron chi connectivity index (χ0n) is 11.5. The van der Waals surface area contributed by atoms with Gasteiger partial charge in [-0.15, -0.1) is 0 Å². The molecule has 1 fully saturated rings. The van der Waals surface area contributed by atoms with Crippen LogP contribution in [0.2, 0.25) is 0 Å². The molecular formula is C12H16F3N3O3. The molecule has 118 valence electrons. The van der Waals surface area contributed by atoms with Crippen LogP contribution in [0.25, 0.3) is 0 Å². The number of aliphatic hydroxyl groups is 1. The van der Waals surface area contributed by atoms with Gasteiger partial charge in [0.25, 0.3) is 6.43 Å². The van der Waals surface area contributed by atoms with Gasteiger partial charge in [0.1, 0.15) is 11.7 Å². The van der Waals surface area contributed by atoms with Gasteiger partial charge < -0.3 is 15.6 Å². The predicted octanol–water partition coefficient (Wildman–Crippen LogP) is 0.904. The van der Waals surface area contributed by atoms with Crippen molar-refractivity contribution >= 4 is 5.82 Å². The number of ether oxygens (including phenoxy) is 1. The summed E-state index contributed by atoms with van der Waals surface area (Å²) in [5.41, 5.74) is 2.27. The number of halogens is 3. The van der Waals surface area contributed by atoms with E-state index in [1.54, 1.807) is 0 Å². The first-order valence-corrected chi connectivity index (χ1v) is 6.42. The minimum atomic E-state index is -2.86. The number of aromatic nitrogens is 2. The van der Waals surface area contributed by atoms with Gasteiger partial charge in [0.2, 0.25) is 0 Å². The molecule has 0 spiro atoms. The van der Waals surface area contributed by atoms with Crippen LogP contribution >= 0.6 is 0 Å². The molecule has 0 bridgehead atoms. The van der Waals surface area contributed by atoms with Gasteiger partial charge in [-0.25, -0.2) is 18.0 Å². The molecular weight excluding hydrogens is 291 g/mol. The first-order valence-electron chi connectivity index (χ1n) is 6.42. The van der Waals surface area contributed by atoms with Crippen molar-refractivity contribution in [3.8, 4) is 0 Å². The number of alkyl halides is 2. The fourth-order valence-electron chi connectivity index (χ4n) is 2.61. The highest BCUT2D eigenvalue weighted by Gasteiger charge is 2.57. The van der Waals surface area contributed by atoms with Crippen molar-refractivity contribution in [2.75, 3.05) is 5.73 Å². The van der Waals surface area contributed by atoms with Gasteiger partial charge in [0.15, 0.2) is 17.9 Å². The van der Waals surface area contributed by atoms with Crippen LogP contribution in [-0.2, 0) is 4.74 Å². The van der Waals surface area contributed by atoms with Gasteiger partial charge in [-0.05, 0) is 6.42 Å². The maximum Gasteiger partial charge on any atom is 0.351 e. The molecule has 21 heavy (non-hydrogen) atoms. The monoisotopic (exact) mass is 307 g/mol. The summed E-state index contributed by atoms with van der Waals surface area (Å²) in [6.07, 6.45) is -5.08. The highest BCUT2D eigenvalue weighted by atomic mass is 19.3. The number of hydrogen-bond acceptors (Lipinski definition) is 5. The lowest BCUT2D eigenvalue weighted by Crippen LogP contribution is -2.43. The summed E-state index contributed by atoms with van der Waals surface area (Å²) in [5.74, 6) is -2.54. The molecule has 1 aromatic rings. The van der Waals surface area contributed by atoms with Gasteiger partial charge >= 0.3 is 5.69 Å². The van der Waals surface area contributed by atoms with E-state index in [0.717, 1.165) is 0 Å². The van der Waals surface area contributed by atoms with Crippen LogP contribution in [-0.4, -0.2) is 32.8 Å². The fourth-order valence-corrected chi connectivity index (χ4v) is 2.61. The van der Waals surface area contributed by atoms with Crippen LogP contribution < -0.4 is 11.4 Å². The van der Waals surface area contributed by atoms with E-state index in [1.807, 2.05) is 0 Å². The Morgan fingerprint density at radius 1 is 1.62 bits per heavy atom. The molecule has 0 radical (unpaired) electrons. The quantitative estimate of drug-likeness (QED) is 0.866. The minimum Gasteiger partial charge on any atom is -0.388 e. The van der Waals surface area contributed by atoms with Gasteiger partial charge in [-0.1, -0.05) is 13.8 Å². The van der Waals surface area contributed by atoms with Gasteiger partial charge in [0, 0.05) is 5.92 Å². The topological polar surface area (TPSA) is 90.4 Å². The smallest absolute Gasteiger partial charge is 0.351 e. The Morgan fingerprint density at radius 2 is 2.24 bits per heavy atom. The average Bonchev–Trinajstić information content (AvgIpc) is 2.68. The summed E-state index contributed by atoms with van der Waals surface area (Å²) in [6, 6.07) is 0. The molecule has 0 saturated carbocycles. The first kappa shape index (κ1) is 15.8. The fraction of sp³-hybridized carbons (Fsp3) is 0.667. The lowest BCUT2D eigenvalue weighted by atomic mass is 9.85. The van der Waals surface area contributed by atoms with E-state index >= 15 is 0 Å². The highest BCUT2D eigenvalue weighted by Crippen LogP contribution is 2.46. The minimum absolute atomic E-state index is 0.0704. The van der Waals surface area contributed by atoms with Crippen LogP contribution in [0.3, 0.4) is 0 Å². The van der Waals surface area contributed by atoms with Crippen molar-refractivity contribution in [1.29, 1.82) is 0 Å². The van der Waals surface area contributed by atoms with Crippen molar-refractivity contribution in [1.82, 2.24) is 9.55 Å². The third-order valence-corrected chi connectivity index (χ3v) is 4.05. The Bertz CT molecular complexity index is 595. The number of anilines is 1. The molecule has 2 heterocycles. The van der Waals surface area contributed by atoms with E-state index in [0.29, 0.717) is 10.8 Å². The molecule has 1 aliphatic heterocycles. The second kappa shape index (κ2) is 5.30. The molecule has 3 N–H and O–H groups in total. The van der Waals surface area contributed by atoms with Crippen molar-refractivity contribution in [3.63, 3.8) is 0 Å². The summed E-state index contributed by atoms with van der Waals surface area (Å²) in [7, 11) is 0. The van der Waals surface area contributed by atoms with Gasteiger partial charge in [0.05, 0.1) is 6.20 Å². The standard InChI is InChI=1S/C12H16F3N3O3/c1-3-12(10(14)15)5(2)7(19)9(21-12)18-4-6(13)8(16)17-11(18)20/h4-5,7,9-10,19H,3H2,1-2H3,(H2,16,17,20)/t5-,7+,9+,12+/m0/s1. The average molecular weight is 307 g/mol. The van der Waals surface area contributed by atoms with Crippen molar-refractivity contribution in [2.45, 2.75) is 44.6 Å². The van der Waals surface area contributed by atoms with Gasteiger partial charge in [-0.3, -0.25) is 4.57 Å². The number of rotatable bonds is 3. The summed E-state index contributed by atoms with van der Waals surface area (Å²) < 4.78 is 46.0. The molecule has 0 aromatic carbocycles. The molecule has 6 nitrogen and oxygen atoms in total. The molecule has 0 aliphatic carbocycles. The zero-order chi connectivity index (χ0) is 15.9. The summed E-state index contributed by atoms with van der Waals surface area (Å²) >= 11 is 0. The third-order valence-electron chi connectivity index (χ3n) is 4.05. The Balaban J connectivity index is 2.47. The Hall–Kier alpha value is -1.61. The molecule has 2 rings (SSSR count). The first-order chi connectivity index (χ1) is 9.74. The second-order valence-corrected chi connectivity index (χ2v) is 5.06. The maximum atomic E-state index is 13.4. The van der Waals surface area contributed by atoms with E-state index < -0.39 is 47.6 Å². The van der Waals surface area contributed by atoms with E-state index in [2.05, 4.69) is 4.98 Å². The third kappa shape index (κ3) is 2.30. The molecule has 0 unspecified atom stereocenters. The Labute approximate surface area is 118 Å². The van der Waals surface area contributed by atoms with Crippen molar-refractivity contribution in [2.24, 2.45) is 5.92 Å². The Kier molecular flexibility index (Phi) is 3.98. The number of nitrogens with two attached hydrogens (primary N) is 1. The van der Waals surface area contributed by atoms with Crippen molar-refractivity contribution in [3.05, 3.63) is 22.5 Å². The van der Waals surface area contributed by atoms with Crippen LogP contribution in [0.15, 0.2) is 11.0 Å². The van der Waals surface area contributed by atoms with E-state index in [-0.39, 0.29) is 6.42 Å². The SMILES string of the molecule is CC[C@@]1(C(F)F)O[C@@H](n2cc(F)c(N)nc2=O)[C@H](O)[C@@H]1C. The summed E-state index contributed by atoms with van der Waals surface area (Å²) in [6.45, 7) is 2.88. The number of nitrogen functional groups attached to an aromatic ring is 1. The molecule has 1 saturated heterocycles. The summed E-state index contributed by atoms with van der Waals surface area (Å²) in [4.78, 5) is 15.0. The summed E-state index contributed by atoms with van der Waals surface area (Å²) in [5, 5.41) is 10.1. The lowest BCUT2D eigenvalue weighted by Gasteiger charge is -2.30. The second-order valence-electron chi connectivity index (χ2n) is 5.06. The predicted molar refractivity (Wildman–Crippen MR) is 67.2 cm³/mol. The normalized spacial score (nSPS) is 32.8. The molecule has 1 aromatic heterocycles. The highest BCUT2D eigenvalue weighted by molar-refractivity contribution is 5.26. The van der Waals surface area contributed by atoms with E-state index in [1.165, 1.54) is 13.8 Å². The van der Waals surface area contributed by atoms with E-state index in [9.17, 15) is 23.1 Å². The zero-order valence-corrected chi connectivity index (χ0v) is 11.5. The number of hydrogen-bond donors (Lipinski definition) is 2. The molecule has 4 atom stereocenters. The van der Waals surface area contributed by atoms with E-state index in [4.69, 9.17) is 10.5 Å². The number of aliphatic hydroxyl groups excluding tert-OH is 1. The van der Waals surface area contributed by atoms with Gasteiger partial charge in [-0.2, -0.15) is 4.98 Å². The lowest BCUT2D eigenvalue weighted by molar-refractivity contribution is -0.166. The van der Waals surface area contributed by atoms with Crippen LogP contribution in [0.1, 0.15) is 26.5 Å². The van der Waals surface area contributed by atoms with Crippen LogP contribution in [0, 0.1) is 11.7 Å². The van der Waals surface area contributed by atoms with Crippen molar-refractivity contribution < 1.29 is 23.0 Å².